The molecule has 27 heavy (non-hydrogen) atoms. The molecule has 0 amide bonds. The fourth-order valence-electron chi connectivity index (χ4n) is 3.37. The van der Waals surface area contributed by atoms with E-state index in [9.17, 15) is 0 Å². The molecule has 1 heterocycles. The van der Waals surface area contributed by atoms with Crippen LogP contribution in [0.15, 0.2) is 72.8 Å². The molecule has 0 aliphatic rings. The van der Waals surface area contributed by atoms with Gasteiger partial charge in [0.25, 0.3) is 0 Å². The number of methoxy groups -OCH3 is 1. The number of hydrogen-bond acceptors (Lipinski definition) is 2. The van der Waals surface area contributed by atoms with Gasteiger partial charge in [0.1, 0.15) is 11.6 Å². The monoisotopic (exact) mass is 376 g/mol. The Kier molecular flexibility index (Phi) is 5.12. The van der Waals surface area contributed by atoms with E-state index < -0.39 is 0 Å². The summed E-state index contributed by atoms with van der Waals surface area (Å²) in [6.45, 7) is 0.898. The predicted molar refractivity (Wildman–Crippen MR) is 111 cm³/mol. The summed E-state index contributed by atoms with van der Waals surface area (Å²) in [6.07, 6.45) is 2.08. The summed E-state index contributed by atoms with van der Waals surface area (Å²) in [4.78, 5) is 4.89. The SMILES string of the molecule is COc1ccc2c(c1)nc(-c1ccc(Cl)cc1)n2CCCc1ccccc1. The van der Waals surface area contributed by atoms with Crippen molar-refractivity contribution in [2.24, 2.45) is 0 Å². The van der Waals surface area contributed by atoms with Crippen molar-refractivity contribution in [3.63, 3.8) is 0 Å². The van der Waals surface area contributed by atoms with Crippen molar-refractivity contribution >= 4 is 22.6 Å². The maximum atomic E-state index is 6.06. The zero-order chi connectivity index (χ0) is 18.6. The largest absolute Gasteiger partial charge is 0.497 e. The first kappa shape index (κ1) is 17.6. The van der Waals surface area contributed by atoms with Crippen LogP contribution in [0.4, 0.5) is 0 Å². The Balaban J connectivity index is 1.69. The minimum Gasteiger partial charge on any atom is -0.497 e. The molecular weight excluding hydrogens is 356 g/mol. The van der Waals surface area contributed by atoms with E-state index in [2.05, 4.69) is 41.0 Å². The lowest BCUT2D eigenvalue weighted by molar-refractivity contribution is 0.415. The van der Waals surface area contributed by atoms with Crippen molar-refractivity contribution < 1.29 is 4.74 Å². The van der Waals surface area contributed by atoms with Gasteiger partial charge in [-0.2, -0.15) is 0 Å². The standard InChI is InChI=1S/C23H21ClN2O/c1-27-20-13-14-22-21(16-20)25-23(18-9-11-19(24)12-10-18)26(22)15-5-8-17-6-3-2-4-7-17/h2-4,6-7,9-14,16H,5,8,15H2,1H3. The van der Waals surface area contributed by atoms with E-state index in [4.69, 9.17) is 21.3 Å². The number of halogens is 1. The molecule has 0 bridgehead atoms. The van der Waals surface area contributed by atoms with E-state index in [1.54, 1.807) is 7.11 Å². The van der Waals surface area contributed by atoms with E-state index >= 15 is 0 Å². The third kappa shape index (κ3) is 3.83. The van der Waals surface area contributed by atoms with Gasteiger partial charge in [-0.05, 0) is 54.8 Å². The second-order valence-electron chi connectivity index (χ2n) is 6.54. The number of hydrogen-bond donors (Lipinski definition) is 0. The van der Waals surface area contributed by atoms with Crippen LogP contribution >= 0.6 is 11.6 Å². The smallest absolute Gasteiger partial charge is 0.141 e. The lowest BCUT2D eigenvalue weighted by Crippen LogP contribution is -2.02. The summed E-state index contributed by atoms with van der Waals surface area (Å²) < 4.78 is 7.66. The number of aryl methyl sites for hydroxylation is 2. The van der Waals surface area contributed by atoms with Crippen molar-refractivity contribution in [2.45, 2.75) is 19.4 Å². The van der Waals surface area contributed by atoms with Gasteiger partial charge in [0.15, 0.2) is 0 Å². The number of aromatic nitrogens is 2. The Morgan fingerprint density at radius 1 is 0.963 bits per heavy atom. The van der Waals surface area contributed by atoms with Gasteiger partial charge in [-0.3, -0.25) is 0 Å². The van der Waals surface area contributed by atoms with Crippen molar-refractivity contribution in [1.29, 1.82) is 0 Å². The van der Waals surface area contributed by atoms with Gasteiger partial charge >= 0.3 is 0 Å². The fraction of sp³-hybridized carbons (Fsp3) is 0.174. The van der Waals surface area contributed by atoms with E-state index in [1.807, 2.05) is 36.4 Å². The maximum Gasteiger partial charge on any atom is 0.141 e. The van der Waals surface area contributed by atoms with Crippen LogP contribution in [0.1, 0.15) is 12.0 Å². The Morgan fingerprint density at radius 3 is 2.48 bits per heavy atom. The molecule has 4 aromatic rings. The first-order valence-electron chi connectivity index (χ1n) is 9.09. The number of nitrogens with zero attached hydrogens (tertiary/aromatic N) is 2. The second kappa shape index (κ2) is 7.85. The molecule has 0 saturated carbocycles. The molecule has 4 rings (SSSR count). The van der Waals surface area contributed by atoms with Crippen LogP contribution in [0.3, 0.4) is 0 Å². The normalized spacial score (nSPS) is 11.0. The first-order chi connectivity index (χ1) is 13.2. The van der Waals surface area contributed by atoms with Gasteiger partial charge in [0.05, 0.1) is 18.1 Å². The number of rotatable bonds is 6. The minimum absolute atomic E-state index is 0.729. The maximum absolute atomic E-state index is 6.06. The second-order valence-corrected chi connectivity index (χ2v) is 6.97. The quantitative estimate of drug-likeness (QED) is 0.412. The molecule has 3 nitrogen and oxygen atoms in total. The number of imidazole rings is 1. The molecule has 0 radical (unpaired) electrons. The molecule has 0 atom stereocenters. The molecule has 0 aliphatic carbocycles. The van der Waals surface area contributed by atoms with Gasteiger partial charge in [-0.25, -0.2) is 4.98 Å². The van der Waals surface area contributed by atoms with Crippen LogP contribution < -0.4 is 4.74 Å². The first-order valence-corrected chi connectivity index (χ1v) is 9.46. The average Bonchev–Trinajstić information content (AvgIpc) is 3.07. The summed E-state index contributed by atoms with van der Waals surface area (Å²) in [5.74, 6) is 1.78. The molecule has 4 heteroatoms. The zero-order valence-electron chi connectivity index (χ0n) is 15.2. The number of benzene rings is 3. The lowest BCUT2D eigenvalue weighted by atomic mass is 10.1. The summed E-state index contributed by atoms with van der Waals surface area (Å²) in [5, 5.41) is 0.729. The molecule has 0 N–H and O–H groups in total. The number of fused-ring (bicyclic) bond motifs is 1. The van der Waals surface area contributed by atoms with Crippen LogP contribution in [-0.4, -0.2) is 16.7 Å². The summed E-state index contributed by atoms with van der Waals surface area (Å²) in [7, 11) is 1.68. The Labute approximate surface area is 164 Å². The van der Waals surface area contributed by atoms with Gasteiger partial charge in [-0.15, -0.1) is 0 Å². The highest BCUT2D eigenvalue weighted by Crippen LogP contribution is 2.28. The highest BCUT2D eigenvalue weighted by atomic mass is 35.5. The highest BCUT2D eigenvalue weighted by molar-refractivity contribution is 6.30. The molecule has 136 valence electrons. The third-order valence-electron chi connectivity index (χ3n) is 4.75. The van der Waals surface area contributed by atoms with Gasteiger partial charge < -0.3 is 9.30 Å². The number of ether oxygens (including phenoxy) is 1. The Bertz CT molecular complexity index is 1040. The minimum atomic E-state index is 0.729. The summed E-state index contributed by atoms with van der Waals surface area (Å²) >= 11 is 6.06. The Hall–Kier alpha value is -2.78. The van der Waals surface area contributed by atoms with Crippen LogP contribution in [0.25, 0.3) is 22.4 Å². The predicted octanol–water partition coefficient (Wildman–Crippen LogP) is 6.00. The van der Waals surface area contributed by atoms with E-state index in [0.717, 1.165) is 52.6 Å². The summed E-state index contributed by atoms with van der Waals surface area (Å²) in [5.41, 5.74) is 4.48. The van der Waals surface area contributed by atoms with Crippen LogP contribution in [0.2, 0.25) is 5.02 Å². The van der Waals surface area contributed by atoms with E-state index in [0.29, 0.717) is 0 Å². The molecule has 3 aromatic carbocycles. The highest BCUT2D eigenvalue weighted by Gasteiger charge is 2.13. The van der Waals surface area contributed by atoms with Gasteiger partial charge in [0.2, 0.25) is 0 Å². The summed E-state index contributed by atoms with van der Waals surface area (Å²) in [6, 6.07) is 24.5. The van der Waals surface area contributed by atoms with Gasteiger partial charge in [0, 0.05) is 23.2 Å². The van der Waals surface area contributed by atoms with E-state index in [-0.39, 0.29) is 0 Å². The molecule has 0 fully saturated rings. The molecule has 1 aromatic heterocycles. The van der Waals surface area contributed by atoms with Crippen LogP contribution in [0.5, 0.6) is 5.75 Å². The van der Waals surface area contributed by atoms with Crippen LogP contribution in [-0.2, 0) is 13.0 Å². The topological polar surface area (TPSA) is 27.1 Å². The lowest BCUT2D eigenvalue weighted by Gasteiger charge is -2.10. The molecule has 0 unspecified atom stereocenters. The average molecular weight is 377 g/mol. The zero-order valence-corrected chi connectivity index (χ0v) is 16.0. The Morgan fingerprint density at radius 2 is 1.74 bits per heavy atom. The van der Waals surface area contributed by atoms with E-state index in [1.165, 1.54) is 5.56 Å². The molecule has 0 saturated heterocycles. The van der Waals surface area contributed by atoms with Crippen molar-refractivity contribution in [1.82, 2.24) is 9.55 Å². The van der Waals surface area contributed by atoms with Crippen molar-refractivity contribution in [2.75, 3.05) is 7.11 Å². The molecule has 0 aliphatic heterocycles. The van der Waals surface area contributed by atoms with Crippen molar-refractivity contribution in [3.8, 4) is 17.1 Å². The van der Waals surface area contributed by atoms with Crippen molar-refractivity contribution in [3.05, 3.63) is 83.4 Å². The van der Waals surface area contributed by atoms with Crippen LogP contribution in [0, 0.1) is 0 Å². The molecular formula is C23H21ClN2O. The fourth-order valence-corrected chi connectivity index (χ4v) is 3.49. The molecule has 0 spiro atoms. The van der Waals surface area contributed by atoms with Gasteiger partial charge in [-0.1, -0.05) is 41.9 Å². The third-order valence-corrected chi connectivity index (χ3v) is 5.00.